The lowest BCUT2D eigenvalue weighted by atomic mass is 9.91. The molecule has 1 fully saturated rings. The summed E-state index contributed by atoms with van der Waals surface area (Å²) < 4.78 is 37.9. The predicted molar refractivity (Wildman–Crippen MR) is 82.4 cm³/mol. The SMILES string of the molecule is CC(C)(C)CC(=O)N1CCSC1c1ccc(C(F)(F)F)cc1. The summed E-state index contributed by atoms with van der Waals surface area (Å²) in [7, 11) is 0. The molecule has 0 aromatic heterocycles. The number of amides is 1. The van der Waals surface area contributed by atoms with Gasteiger partial charge in [-0.3, -0.25) is 4.79 Å². The standard InChI is InChI=1S/C16H20F3NOS/c1-15(2,3)10-13(21)20-8-9-22-14(20)11-4-6-12(7-5-11)16(17,18)19/h4-7,14H,8-10H2,1-3H3. The lowest BCUT2D eigenvalue weighted by molar-refractivity contribution is -0.137. The average Bonchev–Trinajstić information content (AvgIpc) is 2.85. The van der Waals surface area contributed by atoms with Crippen LogP contribution in [-0.4, -0.2) is 23.1 Å². The van der Waals surface area contributed by atoms with Crippen LogP contribution in [0, 0.1) is 5.41 Å². The van der Waals surface area contributed by atoms with Gasteiger partial charge in [-0.2, -0.15) is 13.2 Å². The third kappa shape index (κ3) is 4.18. The molecule has 1 aliphatic rings. The van der Waals surface area contributed by atoms with Crippen molar-refractivity contribution in [2.24, 2.45) is 5.41 Å². The zero-order valence-electron chi connectivity index (χ0n) is 12.9. The minimum atomic E-state index is -4.33. The summed E-state index contributed by atoms with van der Waals surface area (Å²) in [6.07, 6.45) is -3.90. The largest absolute Gasteiger partial charge is 0.416 e. The van der Waals surface area contributed by atoms with Crippen molar-refractivity contribution in [2.45, 2.75) is 38.7 Å². The van der Waals surface area contributed by atoms with E-state index in [2.05, 4.69) is 0 Å². The summed E-state index contributed by atoms with van der Waals surface area (Å²) in [5, 5.41) is -0.183. The van der Waals surface area contributed by atoms with Gasteiger partial charge in [0.25, 0.3) is 0 Å². The zero-order valence-corrected chi connectivity index (χ0v) is 13.7. The van der Waals surface area contributed by atoms with Crippen molar-refractivity contribution in [3.8, 4) is 0 Å². The molecular weight excluding hydrogens is 311 g/mol. The van der Waals surface area contributed by atoms with Crippen LogP contribution in [0.4, 0.5) is 13.2 Å². The van der Waals surface area contributed by atoms with Crippen LogP contribution in [-0.2, 0) is 11.0 Å². The van der Waals surface area contributed by atoms with Gasteiger partial charge >= 0.3 is 6.18 Å². The number of benzene rings is 1. The number of hydrogen-bond acceptors (Lipinski definition) is 2. The molecule has 0 spiro atoms. The lowest BCUT2D eigenvalue weighted by Crippen LogP contribution is -2.33. The molecule has 2 rings (SSSR count). The van der Waals surface area contributed by atoms with Crippen LogP contribution < -0.4 is 0 Å². The van der Waals surface area contributed by atoms with Crippen LogP contribution in [0.15, 0.2) is 24.3 Å². The molecule has 1 aromatic carbocycles. The molecule has 22 heavy (non-hydrogen) atoms. The molecular formula is C16H20F3NOS. The first-order chi connectivity index (χ1) is 10.1. The van der Waals surface area contributed by atoms with E-state index in [1.54, 1.807) is 16.7 Å². The lowest BCUT2D eigenvalue weighted by Gasteiger charge is -2.27. The van der Waals surface area contributed by atoms with E-state index in [0.717, 1.165) is 23.4 Å². The Morgan fingerprint density at radius 3 is 2.32 bits per heavy atom. The van der Waals surface area contributed by atoms with Gasteiger partial charge in [-0.05, 0) is 23.1 Å². The van der Waals surface area contributed by atoms with Gasteiger partial charge in [0, 0.05) is 18.7 Å². The van der Waals surface area contributed by atoms with E-state index in [0.29, 0.717) is 13.0 Å². The molecule has 1 aromatic rings. The summed E-state index contributed by atoms with van der Waals surface area (Å²) in [6.45, 7) is 6.65. The normalized spacial score (nSPS) is 19.5. The van der Waals surface area contributed by atoms with Crippen molar-refractivity contribution in [3.05, 3.63) is 35.4 Å². The number of hydrogen-bond donors (Lipinski definition) is 0. The van der Waals surface area contributed by atoms with Crippen LogP contribution >= 0.6 is 11.8 Å². The molecule has 1 atom stereocenters. The molecule has 0 bridgehead atoms. The Bertz CT molecular complexity index is 534. The second-order valence-corrected chi connectivity index (χ2v) is 7.86. The maximum Gasteiger partial charge on any atom is 0.416 e. The molecule has 1 unspecified atom stereocenters. The van der Waals surface area contributed by atoms with Crippen molar-refractivity contribution in [2.75, 3.05) is 12.3 Å². The van der Waals surface area contributed by atoms with Gasteiger partial charge in [-0.1, -0.05) is 32.9 Å². The quantitative estimate of drug-likeness (QED) is 0.782. The molecule has 0 radical (unpaired) electrons. The van der Waals surface area contributed by atoms with Crippen LogP contribution in [0.5, 0.6) is 0 Å². The Kier molecular flexibility index (Phi) is 4.80. The number of carbonyl (C=O) groups is 1. The van der Waals surface area contributed by atoms with Crippen molar-refractivity contribution in [1.29, 1.82) is 0 Å². The molecule has 0 N–H and O–H groups in total. The smallest absolute Gasteiger partial charge is 0.326 e. The Labute approximate surface area is 133 Å². The topological polar surface area (TPSA) is 20.3 Å². The molecule has 1 aliphatic heterocycles. The van der Waals surface area contributed by atoms with Crippen molar-refractivity contribution < 1.29 is 18.0 Å². The highest BCUT2D eigenvalue weighted by atomic mass is 32.2. The van der Waals surface area contributed by atoms with E-state index in [9.17, 15) is 18.0 Å². The van der Waals surface area contributed by atoms with E-state index in [4.69, 9.17) is 0 Å². The van der Waals surface area contributed by atoms with E-state index in [1.165, 1.54) is 12.1 Å². The number of halogens is 3. The van der Waals surface area contributed by atoms with Crippen LogP contribution in [0.1, 0.15) is 43.7 Å². The monoisotopic (exact) mass is 331 g/mol. The summed E-state index contributed by atoms with van der Waals surface area (Å²) in [5.74, 6) is 0.865. The van der Waals surface area contributed by atoms with Crippen LogP contribution in [0.3, 0.4) is 0 Å². The molecule has 1 saturated heterocycles. The van der Waals surface area contributed by atoms with Crippen molar-refractivity contribution >= 4 is 17.7 Å². The van der Waals surface area contributed by atoms with Gasteiger partial charge in [-0.15, -0.1) is 11.8 Å². The number of rotatable bonds is 2. The second kappa shape index (κ2) is 6.14. The van der Waals surface area contributed by atoms with E-state index in [1.807, 2.05) is 20.8 Å². The first-order valence-corrected chi connectivity index (χ1v) is 8.21. The fourth-order valence-corrected chi connectivity index (χ4v) is 3.67. The Hall–Kier alpha value is -1.17. The van der Waals surface area contributed by atoms with E-state index >= 15 is 0 Å². The summed E-state index contributed by atoms with van der Waals surface area (Å²) in [4.78, 5) is 14.2. The van der Waals surface area contributed by atoms with Crippen LogP contribution in [0.2, 0.25) is 0 Å². The third-order valence-electron chi connectivity index (χ3n) is 3.42. The first-order valence-electron chi connectivity index (χ1n) is 7.16. The average molecular weight is 331 g/mol. The Balaban J connectivity index is 2.15. The molecule has 0 aliphatic carbocycles. The van der Waals surface area contributed by atoms with Crippen molar-refractivity contribution in [3.63, 3.8) is 0 Å². The number of carbonyl (C=O) groups excluding carboxylic acids is 1. The summed E-state index contributed by atoms with van der Waals surface area (Å²) >= 11 is 1.60. The van der Waals surface area contributed by atoms with Gasteiger partial charge in [0.15, 0.2) is 0 Å². The second-order valence-electron chi connectivity index (χ2n) is 6.67. The first kappa shape index (κ1) is 17.2. The van der Waals surface area contributed by atoms with E-state index in [-0.39, 0.29) is 16.7 Å². The van der Waals surface area contributed by atoms with Crippen LogP contribution in [0.25, 0.3) is 0 Å². The van der Waals surface area contributed by atoms with Gasteiger partial charge in [0.05, 0.1) is 5.56 Å². The number of thioether (sulfide) groups is 1. The highest BCUT2D eigenvalue weighted by molar-refractivity contribution is 7.99. The fourth-order valence-electron chi connectivity index (χ4n) is 2.39. The number of nitrogens with zero attached hydrogens (tertiary/aromatic N) is 1. The Morgan fingerprint density at radius 1 is 1.23 bits per heavy atom. The molecule has 6 heteroatoms. The maximum atomic E-state index is 12.6. The van der Waals surface area contributed by atoms with Gasteiger partial charge in [-0.25, -0.2) is 0 Å². The Morgan fingerprint density at radius 2 is 1.82 bits per heavy atom. The fraction of sp³-hybridized carbons (Fsp3) is 0.562. The zero-order chi connectivity index (χ0) is 16.5. The molecule has 2 nitrogen and oxygen atoms in total. The predicted octanol–water partition coefficient (Wildman–Crippen LogP) is 4.72. The minimum absolute atomic E-state index is 0.0578. The van der Waals surface area contributed by atoms with Gasteiger partial charge in [0.1, 0.15) is 5.37 Å². The highest BCUT2D eigenvalue weighted by Gasteiger charge is 2.34. The summed E-state index contributed by atoms with van der Waals surface area (Å²) in [5.41, 5.74) is -0.0146. The third-order valence-corrected chi connectivity index (χ3v) is 4.68. The molecule has 122 valence electrons. The molecule has 1 amide bonds. The number of alkyl halides is 3. The van der Waals surface area contributed by atoms with E-state index < -0.39 is 11.7 Å². The maximum absolute atomic E-state index is 12.6. The molecule has 1 heterocycles. The highest BCUT2D eigenvalue weighted by Crippen LogP contribution is 2.40. The van der Waals surface area contributed by atoms with Crippen molar-refractivity contribution in [1.82, 2.24) is 4.90 Å². The minimum Gasteiger partial charge on any atom is -0.326 e. The van der Waals surface area contributed by atoms with Gasteiger partial charge < -0.3 is 4.90 Å². The molecule has 0 saturated carbocycles. The van der Waals surface area contributed by atoms with Gasteiger partial charge in [0.2, 0.25) is 5.91 Å². The summed E-state index contributed by atoms with van der Waals surface area (Å²) in [6, 6.07) is 5.12.